The third-order valence-electron chi connectivity index (χ3n) is 2.87. The largest absolute Gasteiger partial charge is 0.465 e. The van der Waals surface area contributed by atoms with Crippen LogP contribution in [-0.2, 0) is 19.1 Å². The van der Waals surface area contributed by atoms with Crippen molar-refractivity contribution in [3.63, 3.8) is 0 Å². The predicted molar refractivity (Wildman–Crippen MR) is 63.2 cm³/mol. The highest BCUT2D eigenvalue weighted by Gasteiger charge is 2.33. The van der Waals surface area contributed by atoms with Gasteiger partial charge in [-0.2, -0.15) is 0 Å². The van der Waals surface area contributed by atoms with Gasteiger partial charge in [0.2, 0.25) is 0 Å². The van der Waals surface area contributed by atoms with Gasteiger partial charge in [-0.3, -0.25) is 9.59 Å². The summed E-state index contributed by atoms with van der Waals surface area (Å²) in [4.78, 5) is 23.3. The van der Waals surface area contributed by atoms with Crippen LogP contribution in [0.15, 0.2) is 12.2 Å². The molecule has 96 valence electrons. The SMILES string of the molecule is C=C1CC1CCC(C(=O)OCC)C(=O)OCC. The van der Waals surface area contributed by atoms with Crippen LogP contribution in [-0.4, -0.2) is 25.2 Å². The van der Waals surface area contributed by atoms with Crippen LogP contribution in [0.4, 0.5) is 0 Å². The summed E-state index contributed by atoms with van der Waals surface area (Å²) in [5.41, 5.74) is 1.21. The Hall–Kier alpha value is -1.32. The second kappa shape index (κ2) is 6.42. The third-order valence-corrected chi connectivity index (χ3v) is 2.87. The highest BCUT2D eigenvalue weighted by atomic mass is 16.6. The second-order valence-electron chi connectivity index (χ2n) is 4.19. The first kappa shape index (κ1) is 13.7. The van der Waals surface area contributed by atoms with Gasteiger partial charge in [0, 0.05) is 0 Å². The molecule has 1 saturated carbocycles. The summed E-state index contributed by atoms with van der Waals surface area (Å²) < 4.78 is 9.78. The molecule has 0 aromatic carbocycles. The molecule has 17 heavy (non-hydrogen) atoms. The van der Waals surface area contributed by atoms with Crippen molar-refractivity contribution >= 4 is 11.9 Å². The predicted octanol–water partition coefficient (Wildman–Crippen LogP) is 2.09. The van der Waals surface area contributed by atoms with Crippen molar-refractivity contribution in [1.29, 1.82) is 0 Å². The highest BCUT2D eigenvalue weighted by Crippen LogP contribution is 2.40. The molecule has 1 atom stereocenters. The van der Waals surface area contributed by atoms with Crippen LogP contribution in [0.3, 0.4) is 0 Å². The lowest BCUT2D eigenvalue weighted by molar-refractivity contribution is -0.162. The van der Waals surface area contributed by atoms with Crippen molar-refractivity contribution in [2.24, 2.45) is 11.8 Å². The van der Waals surface area contributed by atoms with Gasteiger partial charge in [-0.05, 0) is 39.0 Å². The lowest BCUT2D eigenvalue weighted by Crippen LogP contribution is -2.28. The van der Waals surface area contributed by atoms with Crippen LogP contribution in [0, 0.1) is 11.8 Å². The van der Waals surface area contributed by atoms with Crippen molar-refractivity contribution in [2.45, 2.75) is 33.1 Å². The van der Waals surface area contributed by atoms with E-state index in [-0.39, 0.29) is 13.2 Å². The number of rotatable bonds is 7. The summed E-state index contributed by atoms with van der Waals surface area (Å²) in [6.45, 7) is 7.87. The van der Waals surface area contributed by atoms with E-state index in [1.54, 1.807) is 13.8 Å². The molecule has 0 radical (unpaired) electrons. The van der Waals surface area contributed by atoms with E-state index in [1.165, 1.54) is 5.57 Å². The Morgan fingerprint density at radius 3 is 2.12 bits per heavy atom. The van der Waals surface area contributed by atoms with Gasteiger partial charge in [-0.25, -0.2) is 0 Å². The first-order valence-electron chi connectivity index (χ1n) is 6.11. The fourth-order valence-corrected chi connectivity index (χ4v) is 1.75. The number of esters is 2. The fraction of sp³-hybridized carbons (Fsp3) is 0.692. The molecule has 1 rings (SSSR count). The Labute approximate surface area is 102 Å². The molecule has 0 aromatic heterocycles. The van der Waals surface area contributed by atoms with Crippen LogP contribution in [0.1, 0.15) is 33.1 Å². The Balaban J connectivity index is 2.48. The van der Waals surface area contributed by atoms with Gasteiger partial charge in [0.25, 0.3) is 0 Å². The average Bonchev–Trinajstić information content (AvgIpc) is 2.95. The monoisotopic (exact) mass is 240 g/mol. The van der Waals surface area contributed by atoms with Gasteiger partial charge in [0.15, 0.2) is 5.92 Å². The van der Waals surface area contributed by atoms with Gasteiger partial charge < -0.3 is 9.47 Å². The molecule has 0 amide bonds. The molecule has 4 nitrogen and oxygen atoms in total. The van der Waals surface area contributed by atoms with Gasteiger partial charge in [0.1, 0.15) is 0 Å². The molecule has 0 N–H and O–H groups in total. The quantitative estimate of drug-likeness (QED) is 0.388. The summed E-state index contributed by atoms with van der Waals surface area (Å²) in [6, 6.07) is 0. The number of ether oxygens (including phenoxy) is 2. The first-order valence-corrected chi connectivity index (χ1v) is 6.11. The van der Waals surface area contributed by atoms with Crippen LogP contribution in [0.5, 0.6) is 0 Å². The molecule has 0 aliphatic heterocycles. The van der Waals surface area contributed by atoms with Gasteiger partial charge >= 0.3 is 11.9 Å². The Kier molecular flexibility index (Phi) is 5.19. The topological polar surface area (TPSA) is 52.6 Å². The lowest BCUT2D eigenvalue weighted by atomic mass is 10.0. The van der Waals surface area contributed by atoms with E-state index in [0.717, 1.165) is 12.8 Å². The Morgan fingerprint density at radius 2 is 1.76 bits per heavy atom. The van der Waals surface area contributed by atoms with E-state index < -0.39 is 17.9 Å². The third kappa shape index (κ3) is 4.21. The van der Waals surface area contributed by atoms with Crippen LogP contribution >= 0.6 is 0 Å². The maximum atomic E-state index is 11.6. The second-order valence-corrected chi connectivity index (χ2v) is 4.19. The summed E-state index contributed by atoms with van der Waals surface area (Å²) >= 11 is 0. The van der Waals surface area contributed by atoms with Crippen LogP contribution in [0.2, 0.25) is 0 Å². The minimum atomic E-state index is -0.775. The maximum absolute atomic E-state index is 11.6. The molecule has 1 unspecified atom stereocenters. The lowest BCUT2D eigenvalue weighted by Gasteiger charge is -2.13. The molecule has 0 heterocycles. The molecule has 0 aromatic rings. The van der Waals surface area contributed by atoms with E-state index >= 15 is 0 Å². The van der Waals surface area contributed by atoms with Crippen molar-refractivity contribution in [1.82, 2.24) is 0 Å². The molecule has 0 bridgehead atoms. The molecule has 1 aliphatic rings. The van der Waals surface area contributed by atoms with Gasteiger partial charge in [-0.1, -0.05) is 12.2 Å². The summed E-state index contributed by atoms with van der Waals surface area (Å²) in [7, 11) is 0. The first-order chi connectivity index (χ1) is 8.10. The summed E-state index contributed by atoms with van der Waals surface area (Å²) in [6.07, 6.45) is 2.31. The molecule has 1 aliphatic carbocycles. The number of allylic oxidation sites excluding steroid dienone is 1. The summed E-state index contributed by atoms with van der Waals surface area (Å²) in [5.74, 6) is -1.25. The molecule has 0 spiro atoms. The van der Waals surface area contributed by atoms with Crippen molar-refractivity contribution in [3.8, 4) is 0 Å². The zero-order valence-electron chi connectivity index (χ0n) is 10.5. The van der Waals surface area contributed by atoms with E-state index in [4.69, 9.17) is 9.47 Å². The minimum Gasteiger partial charge on any atom is -0.465 e. The number of carbonyl (C=O) groups excluding carboxylic acids is 2. The van der Waals surface area contributed by atoms with E-state index in [0.29, 0.717) is 12.3 Å². The smallest absolute Gasteiger partial charge is 0.320 e. The Morgan fingerprint density at radius 1 is 1.29 bits per heavy atom. The normalized spacial score (nSPS) is 18.1. The maximum Gasteiger partial charge on any atom is 0.320 e. The van der Waals surface area contributed by atoms with Gasteiger partial charge in [0.05, 0.1) is 13.2 Å². The van der Waals surface area contributed by atoms with Gasteiger partial charge in [-0.15, -0.1) is 0 Å². The van der Waals surface area contributed by atoms with Crippen molar-refractivity contribution in [2.75, 3.05) is 13.2 Å². The average molecular weight is 240 g/mol. The summed E-state index contributed by atoms with van der Waals surface area (Å²) in [5, 5.41) is 0. The van der Waals surface area contributed by atoms with Crippen molar-refractivity contribution in [3.05, 3.63) is 12.2 Å². The zero-order valence-corrected chi connectivity index (χ0v) is 10.5. The molecule has 1 fully saturated rings. The number of carbonyl (C=O) groups is 2. The highest BCUT2D eigenvalue weighted by molar-refractivity contribution is 5.94. The zero-order chi connectivity index (χ0) is 12.8. The molecular formula is C13H20O4. The van der Waals surface area contributed by atoms with E-state index in [2.05, 4.69) is 6.58 Å². The molecular weight excluding hydrogens is 220 g/mol. The standard InChI is InChI=1S/C13H20O4/c1-4-16-12(14)11(13(15)17-5-2)7-6-10-8-9(10)3/h10-11H,3-8H2,1-2H3. The number of hydrogen-bond donors (Lipinski definition) is 0. The van der Waals surface area contributed by atoms with Crippen LogP contribution in [0.25, 0.3) is 0 Å². The molecule has 4 heteroatoms. The number of hydrogen-bond acceptors (Lipinski definition) is 4. The fourth-order valence-electron chi connectivity index (χ4n) is 1.75. The molecule has 0 saturated heterocycles. The van der Waals surface area contributed by atoms with Crippen molar-refractivity contribution < 1.29 is 19.1 Å². The van der Waals surface area contributed by atoms with E-state index in [1.807, 2.05) is 0 Å². The van der Waals surface area contributed by atoms with E-state index in [9.17, 15) is 9.59 Å². The minimum absolute atomic E-state index is 0.283. The Bertz CT molecular complexity index is 291. The van der Waals surface area contributed by atoms with Crippen LogP contribution < -0.4 is 0 Å².